The van der Waals surface area contributed by atoms with Crippen molar-refractivity contribution >= 4 is 45.0 Å². The second-order valence-electron chi connectivity index (χ2n) is 9.13. The Morgan fingerprint density at radius 3 is 2.34 bits per heavy atom. The van der Waals surface area contributed by atoms with Crippen LogP contribution >= 0.6 is 23.2 Å². The molecule has 0 saturated heterocycles. The van der Waals surface area contributed by atoms with Crippen molar-refractivity contribution < 1.29 is 17.9 Å². The van der Waals surface area contributed by atoms with Gasteiger partial charge in [-0.2, -0.15) is 0 Å². The highest BCUT2D eigenvalue weighted by atomic mass is 35.5. The Morgan fingerprint density at radius 1 is 1.06 bits per heavy atom. The number of fused-ring (bicyclic) bond motifs is 1. The van der Waals surface area contributed by atoms with E-state index in [-0.39, 0.29) is 12.0 Å². The SMILES string of the molecule is CN(C(=O)OC(C)(C)C)[C@H]1CC[C@@H](c2ccc(Cl)c(Cl)c2)c2ccc(NS(C)(=O)=O)cc21. The highest BCUT2D eigenvalue weighted by Crippen LogP contribution is 2.45. The van der Waals surface area contributed by atoms with Crippen LogP contribution in [0.4, 0.5) is 10.5 Å². The van der Waals surface area contributed by atoms with Gasteiger partial charge in [-0.3, -0.25) is 4.72 Å². The number of carbonyl (C=O) groups excluding carboxylic acids is 1. The summed E-state index contributed by atoms with van der Waals surface area (Å²) < 4.78 is 31.7. The van der Waals surface area contributed by atoms with E-state index in [1.807, 2.05) is 39.0 Å². The smallest absolute Gasteiger partial charge is 0.410 e. The Kier molecular flexibility index (Phi) is 7.03. The molecule has 2 atom stereocenters. The molecule has 174 valence electrons. The summed E-state index contributed by atoms with van der Waals surface area (Å²) in [5.41, 5.74) is 2.72. The number of ether oxygens (including phenoxy) is 1. The van der Waals surface area contributed by atoms with Crippen LogP contribution in [0.2, 0.25) is 10.0 Å². The van der Waals surface area contributed by atoms with E-state index in [1.54, 1.807) is 30.1 Å². The highest BCUT2D eigenvalue weighted by molar-refractivity contribution is 7.92. The predicted octanol–water partition coefficient (Wildman–Crippen LogP) is 6.20. The van der Waals surface area contributed by atoms with Gasteiger partial charge in [0.1, 0.15) is 5.60 Å². The van der Waals surface area contributed by atoms with Crippen molar-refractivity contribution in [2.24, 2.45) is 0 Å². The monoisotopic (exact) mass is 498 g/mol. The molecule has 0 aliphatic heterocycles. The van der Waals surface area contributed by atoms with Gasteiger partial charge in [0.15, 0.2) is 0 Å². The number of halogens is 2. The molecule has 0 saturated carbocycles. The molecule has 0 fully saturated rings. The van der Waals surface area contributed by atoms with Gasteiger partial charge in [-0.15, -0.1) is 0 Å². The van der Waals surface area contributed by atoms with Crippen LogP contribution in [-0.4, -0.2) is 38.3 Å². The van der Waals surface area contributed by atoms with Gasteiger partial charge in [-0.05, 0) is 74.6 Å². The quantitative estimate of drug-likeness (QED) is 0.544. The van der Waals surface area contributed by atoms with Gasteiger partial charge >= 0.3 is 6.09 Å². The molecule has 1 amide bonds. The normalized spacial score (nSPS) is 18.6. The zero-order valence-electron chi connectivity index (χ0n) is 18.8. The van der Waals surface area contributed by atoms with Crippen LogP contribution in [0, 0.1) is 0 Å². The van der Waals surface area contributed by atoms with E-state index in [9.17, 15) is 13.2 Å². The minimum Gasteiger partial charge on any atom is -0.444 e. The Balaban J connectivity index is 2.05. The zero-order valence-corrected chi connectivity index (χ0v) is 21.1. The first-order chi connectivity index (χ1) is 14.7. The Bertz CT molecular complexity index is 1130. The number of benzene rings is 2. The van der Waals surface area contributed by atoms with E-state index in [4.69, 9.17) is 27.9 Å². The first kappa shape index (κ1) is 24.7. The summed E-state index contributed by atoms with van der Waals surface area (Å²) in [6, 6.07) is 10.8. The predicted molar refractivity (Wildman–Crippen MR) is 129 cm³/mol. The Hall–Kier alpha value is -1.96. The zero-order chi connectivity index (χ0) is 23.8. The van der Waals surface area contributed by atoms with E-state index < -0.39 is 21.7 Å². The summed E-state index contributed by atoms with van der Waals surface area (Å²) in [7, 11) is -1.74. The van der Waals surface area contributed by atoms with Gasteiger partial charge in [0, 0.05) is 18.7 Å². The average molecular weight is 499 g/mol. The summed E-state index contributed by atoms with van der Waals surface area (Å²) in [6.45, 7) is 5.46. The van der Waals surface area contributed by atoms with Crippen LogP contribution in [0.3, 0.4) is 0 Å². The number of sulfonamides is 1. The summed E-state index contributed by atoms with van der Waals surface area (Å²) in [4.78, 5) is 14.4. The second-order valence-corrected chi connectivity index (χ2v) is 11.7. The fourth-order valence-electron chi connectivity index (χ4n) is 4.03. The summed E-state index contributed by atoms with van der Waals surface area (Å²) >= 11 is 12.4. The van der Waals surface area contributed by atoms with E-state index in [1.165, 1.54) is 0 Å². The molecule has 1 N–H and O–H groups in total. The summed E-state index contributed by atoms with van der Waals surface area (Å²) in [5.74, 6) is 0.0373. The van der Waals surface area contributed by atoms with Crippen LogP contribution in [0.1, 0.15) is 62.3 Å². The van der Waals surface area contributed by atoms with Crippen molar-refractivity contribution in [1.29, 1.82) is 0 Å². The third kappa shape index (κ3) is 5.88. The number of amides is 1. The lowest BCUT2D eigenvalue weighted by molar-refractivity contribution is 0.0202. The van der Waals surface area contributed by atoms with E-state index in [0.717, 1.165) is 29.4 Å². The number of nitrogens with zero attached hydrogens (tertiary/aromatic N) is 1. The van der Waals surface area contributed by atoms with Crippen LogP contribution in [0.15, 0.2) is 36.4 Å². The maximum Gasteiger partial charge on any atom is 0.410 e. The number of nitrogens with one attached hydrogen (secondary N) is 1. The largest absolute Gasteiger partial charge is 0.444 e. The molecule has 0 aromatic heterocycles. The fourth-order valence-corrected chi connectivity index (χ4v) is 4.89. The lowest BCUT2D eigenvalue weighted by Crippen LogP contribution is -2.38. The van der Waals surface area contributed by atoms with Crippen molar-refractivity contribution in [3.05, 3.63) is 63.1 Å². The number of hydrogen-bond acceptors (Lipinski definition) is 4. The van der Waals surface area contributed by atoms with Gasteiger partial charge < -0.3 is 9.64 Å². The van der Waals surface area contributed by atoms with Crippen LogP contribution in [0.5, 0.6) is 0 Å². The third-order valence-corrected chi connectivity index (χ3v) is 6.69. The molecule has 0 radical (unpaired) electrons. The number of rotatable bonds is 4. The van der Waals surface area contributed by atoms with Crippen molar-refractivity contribution in [3.8, 4) is 0 Å². The molecule has 0 heterocycles. The van der Waals surface area contributed by atoms with Gasteiger partial charge in [0.2, 0.25) is 10.0 Å². The number of anilines is 1. The molecule has 6 nitrogen and oxygen atoms in total. The lowest BCUT2D eigenvalue weighted by Gasteiger charge is -2.38. The van der Waals surface area contributed by atoms with Crippen LogP contribution in [0.25, 0.3) is 0 Å². The number of hydrogen-bond donors (Lipinski definition) is 1. The molecular formula is C23H28Cl2N2O4S. The lowest BCUT2D eigenvalue weighted by atomic mass is 9.76. The van der Waals surface area contributed by atoms with Crippen LogP contribution in [-0.2, 0) is 14.8 Å². The molecule has 0 unspecified atom stereocenters. The molecule has 1 aliphatic carbocycles. The maximum atomic E-state index is 12.8. The van der Waals surface area contributed by atoms with Gasteiger partial charge in [-0.25, -0.2) is 13.2 Å². The van der Waals surface area contributed by atoms with Gasteiger partial charge in [0.25, 0.3) is 0 Å². The molecule has 2 aromatic carbocycles. The molecule has 32 heavy (non-hydrogen) atoms. The summed E-state index contributed by atoms with van der Waals surface area (Å²) in [6.07, 6.45) is 2.13. The van der Waals surface area contributed by atoms with Gasteiger partial charge in [-0.1, -0.05) is 35.3 Å². The third-order valence-electron chi connectivity index (χ3n) is 5.35. The number of carbonyl (C=O) groups is 1. The molecule has 0 bridgehead atoms. The Morgan fingerprint density at radius 2 is 1.75 bits per heavy atom. The molecule has 0 spiro atoms. The highest BCUT2D eigenvalue weighted by Gasteiger charge is 2.34. The maximum absolute atomic E-state index is 12.8. The molecular weight excluding hydrogens is 471 g/mol. The first-order valence-corrected chi connectivity index (χ1v) is 12.9. The molecule has 1 aliphatic rings. The van der Waals surface area contributed by atoms with Crippen molar-refractivity contribution in [2.75, 3.05) is 18.0 Å². The molecule has 2 aromatic rings. The summed E-state index contributed by atoms with van der Waals surface area (Å²) in [5, 5.41) is 0.968. The fraction of sp³-hybridized carbons (Fsp3) is 0.435. The van der Waals surface area contributed by atoms with E-state index in [2.05, 4.69) is 4.72 Å². The van der Waals surface area contributed by atoms with Gasteiger partial charge in [0.05, 0.1) is 22.3 Å². The standard InChI is InChI=1S/C23H28Cl2N2O4S/c1-23(2,3)31-22(28)27(4)21-11-9-16(14-6-10-19(24)20(25)12-14)17-8-7-15(13-18(17)21)26-32(5,29)30/h6-8,10,12-13,16,21,26H,9,11H2,1-5H3/t16-,21-/m0/s1. The van der Waals surface area contributed by atoms with E-state index in [0.29, 0.717) is 22.2 Å². The van der Waals surface area contributed by atoms with Crippen molar-refractivity contribution in [1.82, 2.24) is 4.90 Å². The van der Waals surface area contributed by atoms with Crippen molar-refractivity contribution in [2.45, 2.75) is 51.2 Å². The minimum absolute atomic E-state index is 0.0373. The average Bonchev–Trinajstić information content (AvgIpc) is 2.66. The second kappa shape index (κ2) is 9.12. The molecule has 9 heteroatoms. The Labute approximate surface area is 199 Å². The minimum atomic E-state index is -3.45. The van der Waals surface area contributed by atoms with Crippen molar-refractivity contribution in [3.63, 3.8) is 0 Å². The molecule has 3 rings (SSSR count). The topological polar surface area (TPSA) is 75.7 Å². The van der Waals surface area contributed by atoms with E-state index >= 15 is 0 Å². The van der Waals surface area contributed by atoms with Crippen LogP contribution < -0.4 is 4.72 Å². The first-order valence-electron chi connectivity index (χ1n) is 10.3.